The van der Waals surface area contributed by atoms with E-state index >= 15 is 8.78 Å². The van der Waals surface area contributed by atoms with E-state index < -0.39 is 43.7 Å². The number of pyridine rings is 1. The summed E-state index contributed by atoms with van der Waals surface area (Å²) in [7, 11) is -3.28. The molecule has 1 aliphatic rings. The Morgan fingerprint density at radius 1 is 1.16 bits per heavy atom. The fraction of sp³-hybridized carbons (Fsp3) is 0.280. The van der Waals surface area contributed by atoms with Crippen molar-refractivity contribution in [1.29, 1.82) is 0 Å². The molecule has 196 valence electrons. The highest BCUT2D eigenvalue weighted by Gasteiger charge is 2.32. The number of hydrogen-bond donors (Lipinski definition) is 2. The molecule has 1 amide bonds. The van der Waals surface area contributed by atoms with Crippen LogP contribution in [0, 0.1) is 28.0 Å². The molecule has 1 fully saturated rings. The lowest BCUT2D eigenvalue weighted by atomic mass is 10.1. The Kier molecular flexibility index (Phi) is 8.41. The fourth-order valence-corrected chi connectivity index (χ4v) is 5.44. The zero-order valence-corrected chi connectivity index (χ0v) is 23.1. The summed E-state index contributed by atoms with van der Waals surface area (Å²) in [6, 6.07) is 9.28. The number of hydrogen-bond acceptors (Lipinski definition) is 6. The molecule has 3 aromatic rings. The summed E-state index contributed by atoms with van der Waals surface area (Å²) in [6.45, 7) is 1.93. The first-order chi connectivity index (χ1) is 17.6. The number of nitrogens with one attached hydrogen (secondary N) is 2. The maximum absolute atomic E-state index is 15.5. The number of rotatable bonds is 10. The molecule has 0 bridgehead atoms. The number of anilines is 2. The summed E-state index contributed by atoms with van der Waals surface area (Å²) in [5, 5.41) is 2.77. The van der Waals surface area contributed by atoms with Gasteiger partial charge >= 0.3 is 0 Å². The van der Waals surface area contributed by atoms with Gasteiger partial charge in [-0.05, 0) is 95.8 Å². The minimum Gasteiger partial charge on any atom is -0.352 e. The number of benzene rings is 2. The van der Waals surface area contributed by atoms with Gasteiger partial charge in [0, 0.05) is 35.2 Å². The van der Waals surface area contributed by atoms with Crippen LogP contribution in [0.5, 0.6) is 0 Å². The molecule has 0 aliphatic heterocycles. The molecule has 1 aromatic heterocycles. The predicted molar refractivity (Wildman–Crippen MR) is 143 cm³/mol. The van der Waals surface area contributed by atoms with Crippen molar-refractivity contribution in [3.63, 3.8) is 0 Å². The van der Waals surface area contributed by atoms with E-state index in [9.17, 15) is 13.2 Å². The summed E-state index contributed by atoms with van der Waals surface area (Å²) < 4.78 is 59.2. The van der Waals surface area contributed by atoms with Gasteiger partial charge in [0.25, 0.3) is 5.91 Å². The van der Waals surface area contributed by atoms with Gasteiger partial charge in [-0.3, -0.25) is 14.6 Å². The van der Waals surface area contributed by atoms with Crippen LogP contribution in [0.25, 0.3) is 0 Å². The van der Waals surface area contributed by atoms with Gasteiger partial charge in [-0.2, -0.15) is 4.31 Å². The van der Waals surface area contributed by atoms with Crippen molar-refractivity contribution in [2.24, 2.45) is 5.92 Å². The first kappa shape index (κ1) is 27.4. The standard InChI is InChI=1S/C25H25F2IN4O4S/c1-15-11-18(28)5-6-20(15)30-24-19(25(33)31-36-14-17-3-4-17)12-21(22(26)23(24)27)37(34,35)32(2)13-16-7-9-29-10-8-16/h5-12,17,30H,3-4,13-14H2,1-2H3,(H,31,33). The van der Waals surface area contributed by atoms with E-state index in [4.69, 9.17) is 4.84 Å². The van der Waals surface area contributed by atoms with E-state index in [1.165, 1.54) is 19.4 Å². The second-order valence-corrected chi connectivity index (χ2v) is 12.1. The molecular formula is C25H25F2IN4O4S. The van der Waals surface area contributed by atoms with Gasteiger partial charge in [0.05, 0.1) is 17.9 Å². The number of carbonyl (C=O) groups is 1. The van der Waals surface area contributed by atoms with Crippen molar-refractivity contribution in [3.8, 4) is 0 Å². The Morgan fingerprint density at radius 2 is 1.86 bits per heavy atom. The highest BCUT2D eigenvalue weighted by molar-refractivity contribution is 14.1. The molecule has 37 heavy (non-hydrogen) atoms. The molecular weight excluding hydrogens is 617 g/mol. The number of carbonyl (C=O) groups excluding carboxylic acids is 1. The SMILES string of the molecule is Cc1cc(I)ccc1Nc1c(C(=O)NOCC2CC2)cc(S(=O)(=O)N(C)Cc2ccncc2)c(F)c1F. The van der Waals surface area contributed by atoms with Crippen LogP contribution < -0.4 is 10.8 Å². The second-order valence-electron chi connectivity index (χ2n) is 8.81. The Morgan fingerprint density at radius 3 is 2.51 bits per heavy atom. The van der Waals surface area contributed by atoms with Crippen molar-refractivity contribution < 1.29 is 26.8 Å². The lowest BCUT2D eigenvalue weighted by Gasteiger charge is -2.21. The first-order valence-corrected chi connectivity index (χ1v) is 13.9. The monoisotopic (exact) mass is 642 g/mol. The smallest absolute Gasteiger partial charge is 0.277 e. The van der Waals surface area contributed by atoms with Gasteiger partial charge in [0.2, 0.25) is 10.0 Å². The zero-order chi connectivity index (χ0) is 26.7. The van der Waals surface area contributed by atoms with E-state index in [1.807, 2.05) is 6.07 Å². The number of nitrogens with zero attached hydrogens (tertiary/aromatic N) is 2. The molecule has 0 saturated heterocycles. The van der Waals surface area contributed by atoms with Crippen LogP contribution in [0.2, 0.25) is 0 Å². The second kappa shape index (κ2) is 11.4. The third-order valence-electron chi connectivity index (χ3n) is 5.89. The quantitative estimate of drug-likeness (QED) is 0.241. The van der Waals surface area contributed by atoms with Crippen LogP contribution in [0.3, 0.4) is 0 Å². The van der Waals surface area contributed by atoms with Gasteiger partial charge in [0.1, 0.15) is 4.90 Å². The molecule has 4 rings (SSSR count). The number of amides is 1. The van der Waals surface area contributed by atoms with Crippen LogP contribution >= 0.6 is 22.6 Å². The summed E-state index contributed by atoms with van der Waals surface area (Å²) in [4.78, 5) is 21.2. The Hall–Kier alpha value is -2.68. The van der Waals surface area contributed by atoms with Crippen LogP contribution in [0.1, 0.15) is 34.3 Å². The topological polar surface area (TPSA) is 101 Å². The van der Waals surface area contributed by atoms with Gasteiger partial charge in [0.15, 0.2) is 11.6 Å². The number of aromatic nitrogens is 1. The van der Waals surface area contributed by atoms with Gasteiger partial charge in [-0.1, -0.05) is 0 Å². The number of aryl methyl sites for hydroxylation is 1. The Bertz CT molecular complexity index is 1420. The number of sulfonamides is 1. The molecule has 2 aromatic carbocycles. The van der Waals surface area contributed by atoms with E-state index in [0.29, 0.717) is 17.2 Å². The molecule has 0 radical (unpaired) electrons. The van der Waals surface area contributed by atoms with Crippen molar-refractivity contribution in [1.82, 2.24) is 14.8 Å². The third kappa shape index (κ3) is 6.43. The molecule has 12 heteroatoms. The summed E-state index contributed by atoms with van der Waals surface area (Å²) in [6.07, 6.45) is 4.94. The number of hydroxylamine groups is 1. The van der Waals surface area contributed by atoms with Crippen molar-refractivity contribution in [2.75, 3.05) is 19.0 Å². The lowest BCUT2D eigenvalue weighted by Crippen LogP contribution is -2.30. The van der Waals surface area contributed by atoms with Gasteiger partial charge in [-0.25, -0.2) is 22.7 Å². The summed E-state index contributed by atoms with van der Waals surface area (Å²) in [5.74, 6) is -3.67. The molecule has 1 saturated carbocycles. The molecule has 1 aliphatic carbocycles. The molecule has 8 nitrogen and oxygen atoms in total. The molecule has 1 heterocycles. The fourth-order valence-electron chi connectivity index (χ4n) is 3.56. The maximum Gasteiger partial charge on any atom is 0.277 e. The van der Waals surface area contributed by atoms with Crippen LogP contribution in [-0.4, -0.2) is 37.3 Å². The van der Waals surface area contributed by atoms with Gasteiger partial charge < -0.3 is 5.32 Å². The Balaban J connectivity index is 1.74. The number of halogens is 3. The van der Waals surface area contributed by atoms with E-state index in [-0.39, 0.29) is 13.2 Å². The normalized spacial score (nSPS) is 13.6. The average molecular weight is 642 g/mol. The van der Waals surface area contributed by atoms with Crippen LogP contribution in [0.4, 0.5) is 20.2 Å². The Labute approximate surface area is 227 Å². The van der Waals surface area contributed by atoms with E-state index in [1.54, 1.807) is 31.2 Å². The van der Waals surface area contributed by atoms with Crippen molar-refractivity contribution in [3.05, 3.63) is 80.7 Å². The minimum absolute atomic E-state index is 0.111. The molecule has 0 spiro atoms. The van der Waals surface area contributed by atoms with E-state index in [0.717, 1.165) is 32.3 Å². The first-order valence-electron chi connectivity index (χ1n) is 11.4. The lowest BCUT2D eigenvalue weighted by molar-refractivity contribution is 0.0270. The van der Waals surface area contributed by atoms with Crippen molar-refractivity contribution in [2.45, 2.75) is 31.2 Å². The third-order valence-corrected chi connectivity index (χ3v) is 8.36. The summed E-state index contributed by atoms with van der Waals surface area (Å²) in [5.41, 5.74) is 3.07. The minimum atomic E-state index is -4.53. The van der Waals surface area contributed by atoms with Crippen LogP contribution in [-0.2, 0) is 21.4 Å². The molecule has 0 atom stereocenters. The molecule has 0 unspecified atom stereocenters. The van der Waals surface area contributed by atoms with Crippen LogP contribution in [0.15, 0.2) is 53.7 Å². The zero-order valence-electron chi connectivity index (χ0n) is 20.1. The highest BCUT2D eigenvalue weighted by atomic mass is 127. The predicted octanol–water partition coefficient (Wildman–Crippen LogP) is 4.91. The average Bonchev–Trinajstić information content (AvgIpc) is 3.68. The van der Waals surface area contributed by atoms with Gasteiger partial charge in [-0.15, -0.1) is 0 Å². The molecule has 2 N–H and O–H groups in total. The highest BCUT2D eigenvalue weighted by Crippen LogP contribution is 2.34. The van der Waals surface area contributed by atoms with Crippen molar-refractivity contribution >= 4 is 49.9 Å². The van der Waals surface area contributed by atoms with E-state index in [2.05, 4.69) is 38.4 Å². The largest absolute Gasteiger partial charge is 0.352 e. The maximum atomic E-state index is 15.5. The summed E-state index contributed by atoms with van der Waals surface area (Å²) >= 11 is 2.12.